The highest BCUT2D eigenvalue weighted by Gasteiger charge is 2.17. The minimum absolute atomic E-state index is 0.0852. The Balaban J connectivity index is 2.38. The summed E-state index contributed by atoms with van der Waals surface area (Å²) in [4.78, 5) is 18.9. The number of rotatable bonds is 5. The molecule has 0 aliphatic carbocycles. The Kier molecular flexibility index (Phi) is 4.32. The third-order valence-corrected chi connectivity index (χ3v) is 2.78. The molecule has 1 N–H and O–H groups in total. The number of nitrogens with one attached hydrogen (secondary N) is 1. The molecule has 2 rings (SSSR count). The van der Waals surface area contributed by atoms with Gasteiger partial charge in [-0.2, -0.15) is 4.98 Å². The van der Waals surface area contributed by atoms with Crippen molar-refractivity contribution < 1.29 is 9.66 Å². The van der Waals surface area contributed by atoms with Crippen LogP contribution >= 0.6 is 0 Å². The summed E-state index contributed by atoms with van der Waals surface area (Å²) in [5.74, 6) is 0.885. The van der Waals surface area contributed by atoms with Crippen LogP contribution in [-0.4, -0.2) is 21.4 Å². The van der Waals surface area contributed by atoms with Crippen LogP contribution in [-0.2, 0) is 0 Å². The van der Waals surface area contributed by atoms with Crippen LogP contribution in [0.4, 0.5) is 11.6 Å². The molecule has 0 aliphatic heterocycles. The topological polar surface area (TPSA) is 90.2 Å². The Morgan fingerprint density at radius 3 is 2.81 bits per heavy atom. The molecular formula is C14H16N4O3. The van der Waals surface area contributed by atoms with E-state index in [2.05, 4.69) is 15.3 Å². The van der Waals surface area contributed by atoms with Gasteiger partial charge in [-0.05, 0) is 32.4 Å². The first-order valence-corrected chi connectivity index (χ1v) is 6.51. The minimum Gasteiger partial charge on any atom is -0.431 e. The SMILES string of the molecule is CCNc1ncc(C)c(Oc2ccc(C)cc2[N+](=O)[O-])n1. The van der Waals surface area contributed by atoms with Gasteiger partial charge in [0.2, 0.25) is 17.6 Å². The van der Waals surface area contributed by atoms with E-state index in [0.717, 1.165) is 5.56 Å². The summed E-state index contributed by atoms with van der Waals surface area (Å²) in [5.41, 5.74) is 1.41. The second-order valence-electron chi connectivity index (χ2n) is 4.54. The molecule has 110 valence electrons. The summed E-state index contributed by atoms with van der Waals surface area (Å²) in [7, 11) is 0. The number of benzene rings is 1. The van der Waals surface area contributed by atoms with E-state index in [9.17, 15) is 10.1 Å². The quantitative estimate of drug-likeness (QED) is 0.671. The van der Waals surface area contributed by atoms with Gasteiger partial charge in [0.1, 0.15) is 0 Å². The van der Waals surface area contributed by atoms with Gasteiger partial charge in [0.25, 0.3) is 0 Å². The fraction of sp³-hybridized carbons (Fsp3) is 0.286. The number of hydrogen-bond donors (Lipinski definition) is 1. The van der Waals surface area contributed by atoms with Crippen LogP contribution in [0, 0.1) is 24.0 Å². The molecule has 7 heteroatoms. The summed E-state index contributed by atoms with van der Waals surface area (Å²) in [6, 6.07) is 4.79. The highest BCUT2D eigenvalue weighted by molar-refractivity contribution is 5.50. The van der Waals surface area contributed by atoms with Crippen molar-refractivity contribution in [1.29, 1.82) is 0 Å². The number of ether oxygens (including phenoxy) is 1. The number of hydrogen-bond acceptors (Lipinski definition) is 6. The van der Waals surface area contributed by atoms with E-state index >= 15 is 0 Å². The second-order valence-corrected chi connectivity index (χ2v) is 4.54. The van der Waals surface area contributed by atoms with E-state index in [1.54, 1.807) is 32.2 Å². The first kappa shape index (κ1) is 14.7. The highest BCUT2D eigenvalue weighted by Crippen LogP contribution is 2.32. The molecule has 2 aromatic rings. The van der Waals surface area contributed by atoms with Crippen molar-refractivity contribution in [3.05, 3.63) is 45.6 Å². The van der Waals surface area contributed by atoms with Crippen molar-refractivity contribution >= 4 is 11.6 Å². The van der Waals surface area contributed by atoms with Gasteiger partial charge < -0.3 is 10.1 Å². The molecule has 0 atom stereocenters. The summed E-state index contributed by atoms with van der Waals surface area (Å²) in [6.07, 6.45) is 1.61. The number of aromatic nitrogens is 2. The van der Waals surface area contributed by atoms with Gasteiger partial charge in [-0.1, -0.05) is 6.07 Å². The molecule has 0 saturated heterocycles. The molecule has 1 aromatic heterocycles. The lowest BCUT2D eigenvalue weighted by Crippen LogP contribution is -2.04. The number of anilines is 1. The van der Waals surface area contributed by atoms with Gasteiger partial charge >= 0.3 is 5.69 Å². The molecule has 0 amide bonds. The van der Waals surface area contributed by atoms with E-state index in [1.807, 2.05) is 6.92 Å². The van der Waals surface area contributed by atoms with Crippen molar-refractivity contribution in [1.82, 2.24) is 9.97 Å². The van der Waals surface area contributed by atoms with Gasteiger partial charge in [0.05, 0.1) is 4.92 Å². The van der Waals surface area contributed by atoms with Gasteiger partial charge in [0.15, 0.2) is 0 Å². The average molecular weight is 288 g/mol. The Morgan fingerprint density at radius 2 is 2.14 bits per heavy atom. The average Bonchev–Trinajstić information content (AvgIpc) is 2.44. The number of nitro benzene ring substituents is 1. The minimum atomic E-state index is -0.468. The zero-order valence-corrected chi connectivity index (χ0v) is 12.1. The van der Waals surface area contributed by atoms with Gasteiger partial charge in [-0.15, -0.1) is 0 Å². The monoisotopic (exact) mass is 288 g/mol. The van der Waals surface area contributed by atoms with Crippen molar-refractivity contribution in [2.24, 2.45) is 0 Å². The molecule has 0 aliphatic rings. The maximum Gasteiger partial charge on any atom is 0.311 e. The van der Waals surface area contributed by atoms with Crippen LogP contribution < -0.4 is 10.1 Å². The number of nitrogens with zero attached hydrogens (tertiary/aromatic N) is 3. The summed E-state index contributed by atoms with van der Waals surface area (Å²) in [5, 5.41) is 14.1. The molecule has 0 radical (unpaired) electrons. The molecule has 21 heavy (non-hydrogen) atoms. The fourth-order valence-corrected chi connectivity index (χ4v) is 1.73. The van der Waals surface area contributed by atoms with Crippen molar-refractivity contribution in [3.8, 4) is 11.6 Å². The molecule has 0 fully saturated rings. The van der Waals surface area contributed by atoms with Crippen LogP contribution in [0.1, 0.15) is 18.1 Å². The van der Waals surface area contributed by atoms with Crippen LogP contribution in [0.2, 0.25) is 0 Å². The van der Waals surface area contributed by atoms with E-state index < -0.39 is 4.92 Å². The molecule has 1 heterocycles. The molecule has 0 unspecified atom stereocenters. The second kappa shape index (κ2) is 6.17. The zero-order chi connectivity index (χ0) is 15.4. The molecule has 0 bridgehead atoms. The highest BCUT2D eigenvalue weighted by atomic mass is 16.6. The zero-order valence-electron chi connectivity index (χ0n) is 12.1. The number of aryl methyl sites for hydroxylation is 2. The predicted octanol–water partition coefficient (Wildman–Crippen LogP) is 3.23. The third-order valence-electron chi connectivity index (χ3n) is 2.78. The van der Waals surface area contributed by atoms with Crippen molar-refractivity contribution in [3.63, 3.8) is 0 Å². The lowest BCUT2D eigenvalue weighted by atomic mass is 10.2. The summed E-state index contributed by atoms with van der Waals surface area (Å²) in [6.45, 7) is 6.17. The van der Waals surface area contributed by atoms with Crippen LogP contribution in [0.25, 0.3) is 0 Å². The number of nitro groups is 1. The fourth-order valence-electron chi connectivity index (χ4n) is 1.73. The maximum absolute atomic E-state index is 11.1. The Morgan fingerprint density at radius 1 is 1.38 bits per heavy atom. The smallest absolute Gasteiger partial charge is 0.311 e. The lowest BCUT2D eigenvalue weighted by Gasteiger charge is -2.10. The van der Waals surface area contributed by atoms with E-state index in [-0.39, 0.29) is 11.4 Å². The standard InChI is InChI=1S/C14H16N4O3/c1-4-15-14-16-8-10(3)13(17-14)21-12-6-5-9(2)7-11(12)18(19)20/h5-8H,4H2,1-3H3,(H,15,16,17). The summed E-state index contributed by atoms with van der Waals surface area (Å²) >= 11 is 0. The van der Waals surface area contributed by atoms with E-state index in [0.29, 0.717) is 23.9 Å². The predicted molar refractivity (Wildman–Crippen MR) is 78.8 cm³/mol. The van der Waals surface area contributed by atoms with Crippen LogP contribution in [0.15, 0.2) is 24.4 Å². The maximum atomic E-state index is 11.1. The van der Waals surface area contributed by atoms with Crippen LogP contribution in [0.3, 0.4) is 0 Å². The normalized spacial score (nSPS) is 10.2. The molecule has 0 spiro atoms. The molecule has 0 saturated carbocycles. The first-order valence-electron chi connectivity index (χ1n) is 6.51. The van der Waals surface area contributed by atoms with Crippen molar-refractivity contribution in [2.45, 2.75) is 20.8 Å². The van der Waals surface area contributed by atoms with E-state index in [4.69, 9.17) is 4.74 Å². The van der Waals surface area contributed by atoms with Gasteiger partial charge in [-0.25, -0.2) is 4.98 Å². The molecule has 7 nitrogen and oxygen atoms in total. The Bertz CT molecular complexity index is 673. The molecule has 1 aromatic carbocycles. The van der Waals surface area contributed by atoms with Crippen LogP contribution in [0.5, 0.6) is 11.6 Å². The Labute approximate surface area is 122 Å². The largest absolute Gasteiger partial charge is 0.431 e. The van der Waals surface area contributed by atoms with Gasteiger partial charge in [-0.3, -0.25) is 10.1 Å². The third kappa shape index (κ3) is 3.44. The molecular weight excluding hydrogens is 272 g/mol. The lowest BCUT2D eigenvalue weighted by molar-refractivity contribution is -0.385. The summed E-state index contributed by atoms with van der Waals surface area (Å²) < 4.78 is 5.61. The Hall–Kier alpha value is -2.70. The van der Waals surface area contributed by atoms with E-state index in [1.165, 1.54) is 6.07 Å². The van der Waals surface area contributed by atoms with Gasteiger partial charge in [0, 0.05) is 24.4 Å². The van der Waals surface area contributed by atoms with Crippen molar-refractivity contribution in [2.75, 3.05) is 11.9 Å². The first-order chi connectivity index (χ1) is 10.0.